The van der Waals surface area contributed by atoms with Crippen LogP contribution in [0.1, 0.15) is 33.4 Å². The zero-order valence-electron chi connectivity index (χ0n) is 14.7. The zero-order chi connectivity index (χ0) is 18.0. The van der Waals surface area contributed by atoms with Crippen LogP contribution in [0.25, 0.3) is 22.2 Å². The molecule has 0 fully saturated rings. The molecule has 3 aromatic rings. The molecular formula is C18H20N4O2S. The highest BCUT2D eigenvalue weighted by molar-refractivity contribution is 7.19. The topological polar surface area (TPSA) is 80.9 Å². The fourth-order valence-corrected chi connectivity index (χ4v) is 3.09. The van der Waals surface area contributed by atoms with Crippen molar-refractivity contribution in [3.8, 4) is 22.2 Å². The smallest absolute Gasteiger partial charge is 0.270 e. The summed E-state index contributed by atoms with van der Waals surface area (Å²) < 4.78 is 5.43. The van der Waals surface area contributed by atoms with Crippen LogP contribution in [0.2, 0.25) is 0 Å². The van der Waals surface area contributed by atoms with Gasteiger partial charge in [-0.2, -0.15) is 4.98 Å². The Bertz CT molecular complexity index is 878. The summed E-state index contributed by atoms with van der Waals surface area (Å²) in [5, 5.41) is 7.46. The first-order chi connectivity index (χ1) is 11.9. The SMILES string of the molecule is CCc1nc(NC(=O)C(C)(C)C)sc1-c1nc(-c2ccccc2)no1. The number of thiazole rings is 1. The van der Waals surface area contributed by atoms with E-state index in [0.717, 1.165) is 16.1 Å². The van der Waals surface area contributed by atoms with Gasteiger partial charge in [-0.1, -0.05) is 74.5 Å². The average molecular weight is 356 g/mol. The van der Waals surface area contributed by atoms with Crippen molar-refractivity contribution >= 4 is 22.4 Å². The lowest BCUT2D eigenvalue weighted by atomic mass is 9.96. The molecule has 2 heterocycles. The summed E-state index contributed by atoms with van der Waals surface area (Å²) >= 11 is 1.35. The van der Waals surface area contributed by atoms with E-state index in [-0.39, 0.29) is 5.91 Å². The van der Waals surface area contributed by atoms with Crippen LogP contribution in [-0.2, 0) is 11.2 Å². The molecule has 0 bridgehead atoms. The van der Waals surface area contributed by atoms with E-state index >= 15 is 0 Å². The van der Waals surface area contributed by atoms with E-state index in [0.29, 0.717) is 23.3 Å². The maximum Gasteiger partial charge on any atom is 0.270 e. The second kappa shape index (κ2) is 6.76. The summed E-state index contributed by atoms with van der Waals surface area (Å²) in [5.41, 5.74) is 1.24. The van der Waals surface area contributed by atoms with E-state index in [4.69, 9.17) is 4.52 Å². The third-order valence-electron chi connectivity index (χ3n) is 3.59. The Morgan fingerprint density at radius 2 is 1.92 bits per heavy atom. The van der Waals surface area contributed by atoms with Crippen molar-refractivity contribution < 1.29 is 9.32 Å². The fourth-order valence-electron chi connectivity index (χ4n) is 2.12. The van der Waals surface area contributed by atoms with Gasteiger partial charge in [0, 0.05) is 11.0 Å². The van der Waals surface area contributed by atoms with Crippen molar-refractivity contribution in [2.75, 3.05) is 5.32 Å². The number of nitrogens with zero attached hydrogens (tertiary/aromatic N) is 3. The molecule has 0 aliphatic rings. The lowest BCUT2D eigenvalue weighted by Crippen LogP contribution is -2.27. The van der Waals surface area contributed by atoms with Crippen LogP contribution >= 0.6 is 11.3 Å². The lowest BCUT2D eigenvalue weighted by Gasteiger charge is -2.15. The third kappa shape index (κ3) is 3.76. The molecule has 0 spiro atoms. The normalized spacial score (nSPS) is 11.5. The molecule has 0 atom stereocenters. The highest BCUT2D eigenvalue weighted by Crippen LogP contribution is 2.34. The third-order valence-corrected chi connectivity index (χ3v) is 4.59. The molecule has 2 aromatic heterocycles. The van der Waals surface area contributed by atoms with Gasteiger partial charge in [0.15, 0.2) is 5.13 Å². The number of rotatable bonds is 4. The van der Waals surface area contributed by atoms with E-state index in [1.807, 2.05) is 58.0 Å². The summed E-state index contributed by atoms with van der Waals surface area (Å²) in [6.07, 6.45) is 0.709. The summed E-state index contributed by atoms with van der Waals surface area (Å²) in [5.74, 6) is 0.877. The molecule has 1 aromatic carbocycles. The molecule has 7 heteroatoms. The predicted octanol–water partition coefficient (Wildman–Crippen LogP) is 4.41. The second-order valence-electron chi connectivity index (χ2n) is 6.64. The van der Waals surface area contributed by atoms with Crippen molar-refractivity contribution in [3.63, 3.8) is 0 Å². The molecule has 1 amide bonds. The number of anilines is 1. The van der Waals surface area contributed by atoms with Gasteiger partial charge >= 0.3 is 0 Å². The first kappa shape index (κ1) is 17.3. The number of hydrogen-bond donors (Lipinski definition) is 1. The van der Waals surface area contributed by atoms with Crippen molar-refractivity contribution in [2.24, 2.45) is 5.41 Å². The standard InChI is InChI=1S/C18H20N4O2S/c1-5-12-13(25-17(19-12)21-16(23)18(2,3)4)15-20-14(22-24-15)11-9-7-6-8-10-11/h6-10H,5H2,1-4H3,(H,19,21,23). The van der Waals surface area contributed by atoms with Gasteiger partial charge in [-0.25, -0.2) is 4.98 Å². The molecule has 0 unspecified atom stereocenters. The Balaban J connectivity index is 1.90. The number of hydrogen-bond acceptors (Lipinski definition) is 6. The molecule has 0 saturated heterocycles. The van der Waals surface area contributed by atoms with Crippen molar-refractivity contribution in [1.82, 2.24) is 15.1 Å². The van der Waals surface area contributed by atoms with Gasteiger partial charge in [-0.05, 0) is 6.42 Å². The maximum atomic E-state index is 12.2. The van der Waals surface area contributed by atoms with Crippen LogP contribution < -0.4 is 5.32 Å². The van der Waals surface area contributed by atoms with Gasteiger partial charge in [-0.15, -0.1) is 0 Å². The van der Waals surface area contributed by atoms with Crippen LogP contribution in [-0.4, -0.2) is 21.0 Å². The highest BCUT2D eigenvalue weighted by Gasteiger charge is 2.24. The quantitative estimate of drug-likeness (QED) is 0.749. The van der Waals surface area contributed by atoms with E-state index in [9.17, 15) is 4.79 Å². The fraction of sp³-hybridized carbons (Fsp3) is 0.333. The van der Waals surface area contributed by atoms with Gasteiger partial charge in [0.1, 0.15) is 4.88 Å². The Hall–Kier alpha value is -2.54. The molecule has 0 aliphatic heterocycles. The molecule has 130 valence electrons. The van der Waals surface area contributed by atoms with Gasteiger partial charge in [-0.3, -0.25) is 4.79 Å². The van der Waals surface area contributed by atoms with Crippen molar-refractivity contribution in [2.45, 2.75) is 34.1 Å². The molecule has 0 saturated carbocycles. The molecule has 0 aliphatic carbocycles. The minimum absolute atomic E-state index is 0.0778. The Morgan fingerprint density at radius 3 is 2.56 bits per heavy atom. The predicted molar refractivity (Wildman–Crippen MR) is 98.3 cm³/mol. The number of benzene rings is 1. The Kier molecular flexibility index (Phi) is 4.67. The van der Waals surface area contributed by atoms with Crippen molar-refractivity contribution in [3.05, 3.63) is 36.0 Å². The van der Waals surface area contributed by atoms with E-state index in [1.165, 1.54) is 11.3 Å². The molecule has 3 rings (SSSR count). The van der Waals surface area contributed by atoms with Crippen LogP contribution in [0.4, 0.5) is 5.13 Å². The number of carbonyl (C=O) groups excluding carboxylic acids is 1. The van der Waals surface area contributed by atoms with E-state index < -0.39 is 5.41 Å². The minimum Gasteiger partial charge on any atom is -0.333 e. The van der Waals surface area contributed by atoms with Gasteiger partial charge in [0.05, 0.1) is 5.69 Å². The number of aryl methyl sites for hydroxylation is 1. The lowest BCUT2D eigenvalue weighted by molar-refractivity contribution is -0.123. The van der Waals surface area contributed by atoms with Crippen LogP contribution in [0.5, 0.6) is 0 Å². The van der Waals surface area contributed by atoms with Gasteiger partial charge in [0.25, 0.3) is 5.89 Å². The zero-order valence-corrected chi connectivity index (χ0v) is 15.5. The minimum atomic E-state index is -0.483. The first-order valence-corrected chi connectivity index (χ1v) is 8.90. The second-order valence-corrected chi connectivity index (χ2v) is 7.64. The Morgan fingerprint density at radius 1 is 1.20 bits per heavy atom. The summed E-state index contributed by atoms with van der Waals surface area (Å²) in [4.78, 5) is 21.9. The molecule has 6 nitrogen and oxygen atoms in total. The molecule has 1 N–H and O–H groups in total. The summed E-state index contributed by atoms with van der Waals surface area (Å²) in [6, 6.07) is 9.65. The highest BCUT2D eigenvalue weighted by atomic mass is 32.1. The monoisotopic (exact) mass is 356 g/mol. The average Bonchev–Trinajstić information content (AvgIpc) is 3.21. The summed E-state index contributed by atoms with van der Waals surface area (Å²) in [6.45, 7) is 7.59. The van der Waals surface area contributed by atoms with Crippen molar-refractivity contribution in [1.29, 1.82) is 0 Å². The van der Waals surface area contributed by atoms with Crippen LogP contribution in [0.3, 0.4) is 0 Å². The summed E-state index contributed by atoms with van der Waals surface area (Å²) in [7, 11) is 0. The largest absolute Gasteiger partial charge is 0.333 e. The Labute approximate surface area is 150 Å². The van der Waals surface area contributed by atoms with E-state index in [1.54, 1.807) is 0 Å². The van der Waals surface area contributed by atoms with Gasteiger partial charge in [0.2, 0.25) is 11.7 Å². The van der Waals surface area contributed by atoms with Gasteiger partial charge < -0.3 is 9.84 Å². The number of carbonyl (C=O) groups is 1. The number of nitrogens with one attached hydrogen (secondary N) is 1. The molecule has 25 heavy (non-hydrogen) atoms. The first-order valence-electron chi connectivity index (χ1n) is 8.09. The molecular weight excluding hydrogens is 336 g/mol. The maximum absolute atomic E-state index is 12.2. The number of amides is 1. The van der Waals surface area contributed by atoms with Crippen LogP contribution in [0.15, 0.2) is 34.9 Å². The number of aromatic nitrogens is 3. The van der Waals surface area contributed by atoms with Crippen LogP contribution in [0, 0.1) is 5.41 Å². The molecule has 0 radical (unpaired) electrons. The van der Waals surface area contributed by atoms with E-state index in [2.05, 4.69) is 20.4 Å².